The molecule has 0 saturated heterocycles. The molecule has 1 rings (SSSR count). The molecule has 1 aromatic carbocycles. The number of hydrogen-bond donors (Lipinski definition) is 0. The Morgan fingerprint density at radius 2 is 1.65 bits per heavy atom. The first-order chi connectivity index (χ1) is 9.45. The van der Waals surface area contributed by atoms with Crippen LogP contribution in [-0.2, 0) is 14.3 Å². The first kappa shape index (κ1) is 16.2. The van der Waals surface area contributed by atoms with Crippen LogP contribution in [0.3, 0.4) is 0 Å². The molecule has 0 heterocycles. The van der Waals surface area contributed by atoms with Gasteiger partial charge < -0.3 is 9.47 Å². The van der Waals surface area contributed by atoms with Crippen LogP contribution in [0.2, 0.25) is 0 Å². The molecule has 0 aliphatic carbocycles. The van der Waals surface area contributed by atoms with Gasteiger partial charge in [0.25, 0.3) is 0 Å². The van der Waals surface area contributed by atoms with Gasteiger partial charge in [-0.15, -0.1) is 0 Å². The summed E-state index contributed by atoms with van der Waals surface area (Å²) in [7, 11) is 0. The van der Waals surface area contributed by atoms with Gasteiger partial charge >= 0.3 is 11.9 Å². The van der Waals surface area contributed by atoms with Crippen LogP contribution in [0.4, 0.5) is 0 Å². The first-order valence-electron chi connectivity index (χ1n) is 6.92. The average Bonchev–Trinajstić information content (AvgIpc) is 2.39. The van der Waals surface area contributed by atoms with E-state index in [1.54, 1.807) is 45.0 Å². The molecule has 0 aliphatic heterocycles. The van der Waals surface area contributed by atoms with E-state index in [0.29, 0.717) is 12.0 Å². The first-order valence-corrected chi connectivity index (χ1v) is 6.92. The molecule has 0 N–H and O–H groups in total. The van der Waals surface area contributed by atoms with Crippen molar-refractivity contribution in [1.82, 2.24) is 0 Å². The lowest BCUT2D eigenvalue weighted by Crippen LogP contribution is -2.32. The van der Waals surface area contributed by atoms with E-state index in [1.165, 1.54) is 0 Å². The lowest BCUT2D eigenvalue weighted by molar-refractivity contribution is -0.156. The molecule has 20 heavy (non-hydrogen) atoms. The van der Waals surface area contributed by atoms with Gasteiger partial charge in [-0.3, -0.25) is 4.79 Å². The molecule has 110 valence electrons. The molecule has 4 heteroatoms. The zero-order valence-corrected chi connectivity index (χ0v) is 12.5. The summed E-state index contributed by atoms with van der Waals surface area (Å²) in [6.45, 7) is 7.19. The van der Waals surface area contributed by atoms with Gasteiger partial charge in [-0.1, -0.05) is 25.1 Å². The quantitative estimate of drug-likeness (QED) is 0.750. The van der Waals surface area contributed by atoms with Crippen LogP contribution in [-0.4, -0.2) is 24.1 Å². The molecule has 0 aliphatic rings. The second-order valence-electron chi connectivity index (χ2n) is 4.98. The minimum atomic E-state index is -0.515. The Hall–Kier alpha value is -1.84. The Balaban J connectivity index is 2.66. The van der Waals surface area contributed by atoms with Crippen molar-refractivity contribution >= 4 is 11.9 Å². The van der Waals surface area contributed by atoms with Gasteiger partial charge in [0.2, 0.25) is 0 Å². The fourth-order valence-electron chi connectivity index (χ4n) is 1.90. The van der Waals surface area contributed by atoms with Gasteiger partial charge in [-0.25, -0.2) is 4.79 Å². The van der Waals surface area contributed by atoms with Crippen LogP contribution in [0.25, 0.3) is 0 Å². The molecule has 0 amide bonds. The number of hydrogen-bond acceptors (Lipinski definition) is 4. The molecule has 1 aromatic rings. The number of carbonyl (C=O) groups excluding carboxylic acids is 2. The highest BCUT2D eigenvalue weighted by Gasteiger charge is 2.28. The normalized spacial score (nSPS) is 13.7. The van der Waals surface area contributed by atoms with Crippen molar-refractivity contribution in [3.05, 3.63) is 35.9 Å². The second kappa shape index (κ2) is 7.68. The molecule has 0 aromatic heterocycles. The molecule has 2 unspecified atom stereocenters. The highest BCUT2D eigenvalue weighted by atomic mass is 16.6. The summed E-state index contributed by atoms with van der Waals surface area (Å²) in [4.78, 5) is 23.9. The Morgan fingerprint density at radius 3 is 2.15 bits per heavy atom. The molecule has 0 saturated carbocycles. The average molecular weight is 278 g/mol. The van der Waals surface area contributed by atoms with Gasteiger partial charge in [0.1, 0.15) is 6.10 Å². The summed E-state index contributed by atoms with van der Waals surface area (Å²) in [6, 6.07) is 8.73. The number of carbonyl (C=O) groups is 2. The highest BCUT2D eigenvalue weighted by Crippen LogP contribution is 2.17. The Bertz CT molecular complexity index is 439. The summed E-state index contributed by atoms with van der Waals surface area (Å²) >= 11 is 0. The summed E-state index contributed by atoms with van der Waals surface area (Å²) in [5.41, 5.74) is 0.478. The van der Waals surface area contributed by atoms with Crippen molar-refractivity contribution in [2.45, 2.75) is 46.3 Å². The van der Waals surface area contributed by atoms with Crippen molar-refractivity contribution in [1.29, 1.82) is 0 Å². The van der Waals surface area contributed by atoms with E-state index in [2.05, 4.69) is 0 Å². The van der Waals surface area contributed by atoms with Crippen molar-refractivity contribution in [3.63, 3.8) is 0 Å². The van der Waals surface area contributed by atoms with E-state index in [0.717, 1.165) is 0 Å². The van der Waals surface area contributed by atoms with Gasteiger partial charge in [0.05, 0.1) is 17.6 Å². The zero-order valence-electron chi connectivity index (χ0n) is 12.5. The maximum atomic E-state index is 11.9. The molecule has 4 nitrogen and oxygen atoms in total. The second-order valence-corrected chi connectivity index (χ2v) is 4.98. The third-order valence-electron chi connectivity index (χ3n) is 2.96. The SMILES string of the molecule is CCC(C(=O)OC(C)C)C(C)OC(=O)c1ccccc1. The predicted octanol–water partition coefficient (Wildman–Crippen LogP) is 3.21. The number of rotatable bonds is 6. The van der Waals surface area contributed by atoms with Crippen LogP contribution in [0.1, 0.15) is 44.5 Å². The van der Waals surface area contributed by atoms with Gasteiger partial charge in [-0.05, 0) is 39.3 Å². The number of esters is 2. The maximum absolute atomic E-state index is 11.9. The topological polar surface area (TPSA) is 52.6 Å². The largest absolute Gasteiger partial charge is 0.463 e. The van der Waals surface area contributed by atoms with Crippen LogP contribution < -0.4 is 0 Å². The minimum Gasteiger partial charge on any atom is -0.463 e. The molecule has 0 spiro atoms. The molecule has 0 fully saturated rings. The number of ether oxygens (including phenoxy) is 2. The van der Waals surface area contributed by atoms with E-state index in [9.17, 15) is 9.59 Å². The van der Waals surface area contributed by atoms with Crippen LogP contribution >= 0.6 is 0 Å². The summed E-state index contributed by atoms with van der Waals surface area (Å²) in [6.07, 6.45) is -0.123. The van der Waals surface area contributed by atoms with E-state index >= 15 is 0 Å². The van der Waals surface area contributed by atoms with Crippen LogP contribution in [0, 0.1) is 5.92 Å². The summed E-state index contributed by atoms with van der Waals surface area (Å²) < 4.78 is 10.5. The van der Waals surface area contributed by atoms with Crippen molar-refractivity contribution in [2.75, 3.05) is 0 Å². The monoisotopic (exact) mass is 278 g/mol. The van der Waals surface area contributed by atoms with Crippen molar-refractivity contribution in [2.24, 2.45) is 5.92 Å². The molecule has 0 bridgehead atoms. The standard InChI is InChI=1S/C16H22O4/c1-5-14(16(18)19-11(2)3)12(4)20-15(17)13-9-7-6-8-10-13/h6-12,14H,5H2,1-4H3. The Labute approximate surface area is 120 Å². The predicted molar refractivity (Wildman–Crippen MR) is 76.3 cm³/mol. The van der Waals surface area contributed by atoms with Crippen LogP contribution in [0.5, 0.6) is 0 Å². The lowest BCUT2D eigenvalue weighted by Gasteiger charge is -2.22. The molecule has 0 radical (unpaired) electrons. The van der Waals surface area contributed by atoms with E-state index in [-0.39, 0.29) is 12.1 Å². The zero-order chi connectivity index (χ0) is 15.1. The van der Waals surface area contributed by atoms with E-state index in [1.807, 2.05) is 13.0 Å². The fraction of sp³-hybridized carbons (Fsp3) is 0.500. The molecular weight excluding hydrogens is 256 g/mol. The summed E-state index contributed by atoms with van der Waals surface area (Å²) in [5.74, 6) is -1.19. The van der Waals surface area contributed by atoms with Gasteiger partial charge in [-0.2, -0.15) is 0 Å². The van der Waals surface area contributed by atoms with Gasteiger partial charge in [0, 0.05) is 0 Å². The van der Waals surface area contributed by atoms with Gasteiger partial charge in [0.15, 0.2) is 0 Å². The minimum absolute atomic E-state index is 0.173. The third-order valence-corrected chi connectivity index (χ3v) is 2.96. The number of benzene rings is 1. The molecule has 2 atom stereocenters. The fourth-order valence-corrected chi connectivity index (χ4v) is 1.90. The van der Waals surface area contributed by atoms with Crippen molar-refractivity contribution in [3.8, 4) is 0 Å². The van der Waals surface area contributed by atoms with E-state index in [4.69, 9.17) is 9.47 Å². The maximum Gasteiger partial charge on any atom is 0.338 e. The third kappa shape index (κ3) is 4.68. The Kier molecular flexibility index (Phi) is 6.22. The van der Waals surface area contributed by atoms with E-state index < -0.39 is 18.0 Å². The van der Waals surface area contributed by atoms with Crippen LogP contribution in [0.15, 0.2) is 30.3 Å². The lowest BCUT2D eigenvalue weighted by atomic mass is 10.0. The Morgan fingerprint density at radius 1 is 1.05 bits per heavy atom. The smallest absolute Gasteiger partial charge is 0.338 e. The highest BCUT2D eigenvalue weighted by molar-refractivity contribution is 5.89. The molecular formula is C16H22O4. The summed E-state index contributed by atoms with van der Waals surface area (Å²) in [5, 5.41) is 0. The van der Waals surface area contributed by atoms with Crippen molar-refractivity contribution < 1.29 is 19.1 Å².